The Labute approximate surface area is 93.0 Å². The molecule has 0 radical (unpaired) electrons. The van der Waals surface area contributed by atoms with E-state index >= 15 is 0 Å². The molecular formula is C12H25N3. The molecule has 3 heteroatoms. The molecule has 0 bridgehead atoms. The molecule has 0 aromatic rings. The fraction of sp³-hybridized carbons (Fsp3) is 1.00. The van der Waals surface area contributed by atoms with E-state index in [9.17, 15) is 0 Å². The molecule has 2 unspecified atom stereocenters. The van der Waals surface area contributed by atoms with Crippen LogP contribution in [0.1, 0.15) is 51.4 Å². The van der Waals surface area contributed by atoms with Crippen molar-refractivity contribution in [2.45, 2.75) is 75.5 Å². The molecule has 2 fully saturated rings. The van der Waals surface area contributed by atoms with Crippen LogP contribution >= 0.6 is 0 Å². The Morgan fingerprint density at radius 3 is 2.13 bits per heavy atom. The summed E-state index contributed by atoms with van der Waals surface area (Å²) in [7, 11) is 0. The van der Waals surface area contributed by atoms with Crippen LogP contribution in [0.2, 0.25) is 0 Å². The molecule has 2 aliphatic carbocycles. The number of nitrogens with two attached hydrogens (primary N) is 2. The minimum Gasteiger partial charge on any atom is -0.328 e. The molecule has 88 valence electrons. The van der Waals surface area contributed by atoms with Gasteiger partial charge in [0, 0.05) is 24.2 Å². The van der Waals surface area contributed by atoms with Crippen molar-refractivity contribution in [2.75, 3.05) is 0 Å². The smallest absolute Gasteiger partial charge is 0.0221 e. The van der Waals surface area contributed by atoms with Gasteiger partial charge in [0.1, 0.15) is 0 Å². The highest BCUT2D eigenvalue weighted by molar-refractivity contribution is 4.88. The van der Waals surface area contributed by atoms with Gasteiger partial charge in [-0.05, 0) is 38.5 Å². The van der Waals surface area contributed by atoms with Crippen LogP contribution in [0.3, 0.4) is 0 Å². The third-order valence-corrected chi connectivity index (χ3v) is 4.04. The van der Waals surface area contributed by atoms with Crippen molar-refractivity contribution in [2.24, 2.45) is 11.5 Å². The molecule has 0 aromatic heterocycles. The summed E-state index contributed by atoms with van der Waals surface area (Å²) in [6.45, 7) is 0. The molecule has 2 aliphatic rings. The standard InChI is InChI=1S/C12H25N3/c13-9-5-7-10(8-6-9)15-12-4-2-1-3-11(12)14/h9-12,15H,1-8,13-14H2. The Morgan fingerprint density at radius 2 is 1.47 bits per heavy atom. The molecule has 2 atom stereocenters. The van der Waals surface area contributed by atoms with Crippen molar-refractivity contribution >= 4 is 0 Å². The Hall–Kier alpha value is -0.120. The van der Waals surface area contributed by atoms with E-state index in [4.69, 9.17) is 11.5 Å². The van der Waals surface area contributed by atoms with E-state index in [1.807, 2.05) is 0 Å². The van der Waals surface area contributed by atoms with Crippen molar-refractivity contribution in [3.63, 3.8) is 0 Å². The third kappa shape index (κ3) is 3.16. The quantitative estimate of drug-likeness (QED) is 0.641. The summed E-state index contributed by atoms with van der Waals surface area (Å²) in [6, 6.07) is 2.08. The molecule has 2 saturated carbocycles. The lowest BCUT2D eigenvalue weighted by Crippen LogP contribution is -2.52. The molecule has 0 aliphatic heterocycles. The van der Waals surface area contributed by atoms with Crippen LogP contribution in [0.4, 0.5) is 0 Å². The lowest BCUT2D eigenvalue weighted by Gasteiger charge is -2.35. The average Bonchev–Trinajstić information content (AvgIpc) is 2.25. The van der Waals surface area contributed by atoms with Gasteiger partial charge in [-0.1, -0.05) is 12.8 Å². The van der Waals surface area contributed by atoms with E-state index in [1.165, 1.54) is 51.4 Å². The van der Waals surface area contributed by atoms with E-state index < -0.39 is 0 Å². The SMILES string of the molecule is NC1CCC(NC2CCCCC2N)CC1. The van der Waals surface area contributed by atoms with Crippen molar-refractivity contribution in [1.82, 2.24) is 5.32 Å². The predicted octanol–water partition coefficient (Wildman–Crippen LogP) is 1.12. The summed E-state index contributed by atoms with van der Waals surface area (Å²) >= 11 is 0. The Bertz CT molecular complexity index is 187. The maximum absolute atomic E-state index is 6.14. The first kappa shape index (κ1) is 11.4. The van der Waals surface area contributed by atoms with Gasteiger partial charge in [-0.3, -0.25) is 0 Å². The summed E-state index contributed by atoms with van der Waals surface area (Å²) in [6.07, 6.45) is 9.97. The molecule has 0 amide bonds. The van der Waals surface area contributed by atoms with E-state index in [0.717, 1.165) is 0 Å². The highest BCUT2D eigenvalue weighted by atomic mass is 15.0. The minimum atomic E-state index is 0.384. The van der Waals surface area contributed by atoms with Crippen LogP contribution in [-0.4, -0.2) is 24.2 Å². The lowest BCUT2D eigenvalue weighted by atomic mass is 9.87. The zero-order valence-corrected chi connectivity index (χ0v) is 9.62. The predicted molar refractivity (Wildman–Crippen MR) is 63.6 cm³/mol. The van der Waals surface area contributed by atoms with E-state index in [-0.39, 0.29) is 0 Å². The van der Waals surface area contributed by atoms with E-state index in [2.05, 4.69) is 5.32 Å². The molecule has 0 aromatic carbocycles. The monoisotopic (exact) mass is 211 g/mol. The van der Waals surface area contributed by atoms with Gasteiger partial charge in [0.25, 0.3) is 0 Å². The second-order valence-corrected chi connectivity index (χ2v) is 5.33. The van der Waals surface area contributed by atoms with Gasteiger partial charge in [0.05, 0.1) is 0 Å². The second-order valence-electron chi connectivity index (χ2n) is 5.33. The molecule has 0 spiro atoms. The Morgan fingerprint density at radius 1 is 0.800 bits per heavy atom. The summed E-state index contributed by atoms with van der Waals surface area (Å²) in [5.74, 6) is 0. The number of hydrogen-bond donors (Lipinski definition) is 3. The van der Waals surface area contributed by atoms with Crippen molar-refractivity contribution in [1.29, 1.82) is 0 Å². The van der Waals surface area contributed by atoms with E-state index in [0.29, 0.717) is 24.2 Å². The maximum atomic E-state index is 6.14. The van der Waals surface area contributed by atoms with Gasteiger partial charge in [0.15, 0.2) is 0 Å². The number of hydrogen-bond acceptors (Lipinski definition) is 3. The highest BCUT2D eigenvalue weighted by Crippen LogP contribution is 2.22. The first-order valence-electron chi connectivity index (χ1n) is 6.53. The first-order valence-corrected chi connectivity index (χ1v) is 6.53. The topological polar surface area (TPSA) is 64.1 Å². The second kappa shape index (κ2) is 5.28. The first-order chi connectivity index (χ1) is 7.25. The fourth-order valence-corrected chi connectivity index (χ4v) is 2.96. The van der Waals surface area contributed by atoms with Crippen molar-refractivity contribution < 1.29 is 0 Å². The van der Waals surface area contributed by atoms with Crippen LogP contribution in [0.25, 0.3) is 0 Å². The van der Waals surface area contributed by atoms with Gasteiger partial charge in [-0.15, -0.1) is 0 Å². The minimum absolute atomic E-state index is 0.384. The molecular weight excluding hydrogens is 186 g/mol. The summed E-state index contributed by atoms with van der Waals surface area (Å²) in [4.78, 5) is 0. The zero-order valence-electron chi connectivity index (χ0n) is 9.62. The van der Waals surface area contributed by atoms with Crippen molar-refractivity contribution in [3.8, 4) is 0 Å². The molecule has 3 nitrogen and oxygen atoms in total. The molecule has 0 heterocycles. The molecule has 15 heavy (non-hydrogen) atoms. The van der Waals surface area contributed by atoms with Gasteiger partial charge in [-0.2, -0.15) is 0 Å². The average molecular weight is 211 g/mol. The van der Waals surface area contributed by atoms with Crippen LogP contribution in [0.5, 0.6) is 0 Å². The maximum Gasteiger partial charge on any atom is 0.0221 e. The molecule has 0 saturated heterocycles. The van der Waals surface area contributed by atoms with E-state index in [1.54, 1.807) is 0 Å². The summed E-state index contributed by atoms with van der Waals surface area (Å²) in [5, 5.41) is 3.75. The normalized spacial score (nSPS) is 42.8. The zero-order chi connectivity index (χ0) is 10.7. The van der Waals surface area contributed by atoms with Crippen LogP contribution in [-0.2, 0) is 0 Å². The van der Waals surface area contributed by atoms with Crippen LogP contribution < -0.4 is 16.8 Å². The molecule has 5 N–H and O–H groups in total. The summed E-state index contributed by atoms with van der Waals surface area (Å²) < 4.78 is 0. The van der Waals surface area contributed by atoms with Crippen LogP contribution in [0.15, 0.2) is 0 Å². The van der Waals surface area contributed by atoms with Gasteiger partial charge in [0.2, 0.25) is 0 Å². The van der Waals surface area contributed by atoms with Gasteiger partial charge >= 0.3 is 0 Å². The van der Waals surface area contributed by atoms with Gasteiger partial charge < -0.3 is 16.8 Å². The molecule has 2 rings (SSSR count). The largest absolute Gasteiger partial charge is 0.328 e. The van der Waals surface area contributed by atoms with Gasteiger partial charge in [-0.25, -0.2) is 0 Å². The number of nitrogens with one attached hydrogen (secondary N) is 1. The third-order valence-electron chi connectivity index (χ3n) is 4.04. The summed E-state index contributed by atoms with van der Waals surface area (Å²) in [5.41, 5.74) is 12.0. The highest BCUT2D eigenvalue weighted by Gasteiger charge is 2.26. The van der Waals surface area contributed by atoms with Crippen molar-refractivity contribution in [3.05, 3.63) is 0 Å². The lowest BCUT2D eigenvalue weighted by molar-refractivity contribution is 0.258. The number of rotatable bonds is 2. The Kier molecular flexibility index (Phi) is 4.00. The Balaban J connectivity index is 1.75. The fourth-order valence-electron chi connectivity index (χ4n) is 2.96. The van der Waals surface area contributed by atoms with Crippen LogP contribution in [0, 0.1) is 0 Å².